The van der Waals surface area contributed by atoms with Crippen LogP contribution >= 0.6 is 11.6 Å². The number of amides is 2. The van der Waals surface area contributed by atoms with Crippen molar-refractivity contribution in [3.8, 4) is 0 Å². The molecule has 0 aliphatic carbocycles. The summed E-state index contributed by atoms with van der Waals surface area (Å²) in [6.45, 7) is 5.43. The van der Waals surface area contributed by atoms with Crippen molar-refractivity contribution in [3.63, 3.8) is 0 Å². The first-order valence-corrected chi connectivity index (χ1v) is 13.8. The Morgan fingerprint density at radius 2 is 1.78 bits per heavy atom. The molecule has 0 saturated heterocycles. The SMILES string of the molecule is CC[C@@H](C)NC(=O)[C@H](C)N(Cc1cccc(Cl)c1)C(=O)CCCN(c1ccc(F)c(F)c1)S(C)(=O)=O. The number of carbonyl (C=O) groups is 2. The van der Waals surface area contributed by atoms with Crippen LogP contribution < -0.4 is 9.62 Å². The van der Waals surface area contributed by atoms with Crippen molar-refractivity contribution >= 4 is 39.1 Å². The summed E-state index contributed by atoms with van der Waals surface area (Å²) in [6.07, 6.45) is 1.70. The Balaban J connectivity index is 2.19. The van der Waals surface area contributed by atoms with Gasteiger partial charge in [-0.25, -0.2) is 17.2 Å². The molecule has 0 heterocycles. The average Bonchev–Trinajstić information content (AvgIpc) is 2.80. The molecule has 2 aromatic rings. The molecule has 0 aromatic heterocycles. The van der Waals surface area contributed by atoms with Gasteiger partial charge in [0.1, 0.15) is 6.04 Å². The number of hydrogen-bond donors (Lipinski definition) is 1. The lowest BCUT2D eigenvalue weighted by Crippen LogP contribution is -2.49. The topological polar surface area (TPSA) is 86.8 Å². The molecule has 2 amide bonds. The molecule has 0 spiro atoms. The Bertz CT molecular complexity index is 1180. The number of hydrogen-bond acceptors (Lipinski definition) is 4. The first kappa shape index (κ1) is 29.5. The maximum absolute atomic E-state index is 13.7. The molecule has 7 nitrogen and oxygen atoms in total. The van der Waals surface area contributed by atoms with Gasteiger partial charge in [-0.15, -0.1) is 0 Å². The van der Waals surface area contributed by atoms with E-state index < -0.39 is 27.7 Å². The van der Waals surface area contributed by atoms with Crippen LogP contribution in [0.2, 0.25) is 5.02 Å². The molecule has 0 radical (unpaired) electrons. The normalized spacial score (nSPS) is 13.1. The van der Waals surface area contributed by atoms with Gasteiger partial charge in [0.25, 0.3) is 0 Å². The summed E-state index contributed by atoms with van der Waals surface area (Å²) in [5.74, 6) is -2.94. The van der Waals surface area contributed by atoms with Crippen molar-refractivity contribution in [1.29, 1.82) is 0 Å². The van der Waals surface area contributed by atoms with Crippen molar-refractivity contribution in [2.24, 2.45) is 0 Å². The monoisotopic (exact) mass is 543 g/mol. The summed E-state index contributed by atoms with van der Waals surface area (Å²) >= 11 is 6.08. The number of sulfonamides is 1. The van der Waals surface area contributed by atoms with E-state index in [-0.39, 0.29) is 49.5 Å². The van der Waals surface area contributed by atoms with E-state index in [9.17, 15) is 26.8 Å². The molecule has 0 bridgehead atoms. The molecular formula is C25H32ClF2N3O4S. The smallest absolute Gasteiger partial charge is 0.242 e. The predicted octanol–water partition coefficient (Wildman–Crippen LogP) is 4.50. The number of nitrogens with zero attached hydrogens (tertiary/aromatic N) is 2. The van der Waals surface area contributed by atoms with Crippen LogP contribution in [0.5, 0.6) is 0 Å². The first-order chi connectivity index (χ1) is 16.8. The van der Waals surface area contributed by atoms with E-state index in [2.05, 4.69) is 5.32 Å². The van der Waals surface area contributed by atoms with Crippen LogP contribution in [0.1, 0.15) is 45.6 Å². The zero-order valence-electron chi connectivity index (χ0n) is 20.8. The van der Waals surface area contributed by atoms with Gasteiger partial charge >= 0.3 is 0 Å². The van der Waals surface area contributed by atoms with Gasteiger partial charge in [0.15, 0.2) is 11.6 Å². The Kier molecular flexibility index (Phi) is 10.7. The fourth-order valence-corrected chi connectivity index (χ4v) is 4.69. The molecule has 0 aliphatic rings. The van der Waals surface area contributed by atoms with E-state index in [1.54, 1.807) is 31.2 Å². The molecule has 198 valence electrons. The molecule has 2 aromatic carbocycles. The Morgan fingerprint density at radius 3 is 2.36 bits per heavy atom. The fourth-order valence-electron chi connectivity index (χ4n) is 3.52. The van der Waals surface area contributed by atoms with E-state index >= 15 is 0 Å². The van der Waals surface area contributed by atoms with Crippen LogP contribution in [-0.4, -0.2) is 50.0 Å². The summed E-state index contributed by atoms with van der Waals surface area (Å²) in [5, 5.41) is 3.37. The van der Waals surface area contributed by atoms with Gasteiger partial charge < -0.3 is 10.2 Å². The zero-order chi connectivity index (χ0) is 27.0. The van der Waals surface area contributed by atoms with Crippen molar-refractivity contribution in [2.75, 3.05) is 17.1 Å². The number of benzene rings is 2. The quantitative estimate of drug-likeness (QED) is 0.427. The van der Waals surface area contributed by atoms with Gasteiger partial charge in [-0.2, -0.15) is 0 Å². The molecule has 36 heavy (non-hydrogen) atoms. The highest BCUT2D eigenvalue weighted by Crippen LogP contribution is 2.22. The van der Waals surface area contributed by atoms with E-state index in [1.165, 1.54) is 4.90 Å². The van der Waals surface area contributed by atoms with Gasteiger partial charge in [-0.1, -0.05) is 30.7 Å². The summed E-state index contributed by atoms with van der Waals surface area (Å²) in [7, 11) is -3.82. The van der Waals surface area contributed by atoms with Gasteiger partial charge in [0.2, 0.25) is 21.8 Å². The van der Waals surface area contributed by atoms with Crippen molar-refractivity contribution in [2.45, 2.75) is 58.7 Å². The van der Waals surface area contributed by atoms with E-state index in [0.717, 1.165) is 40.7 Å². The van der Waals surface area contributed by atoms with Gasteiger partial charge in [0.05, 0.1) is 11.9 Å². The van der Waals surface area contributed by atoms with E-state index in [0.29, 0.717) is 5.02 Å². The number of nitrogens with one attached hydrogen (secondary N) is 1. The lowest BCUT2D eigenvalue weighted by atomic mass is 10.1. The fraction of sp³-hybridized carbons (Fsp3) is 0.440. The Labute approximate surface area is 216 Å². The maximum atomic E-state index is 13.7. The number of anilines is 1. The highest BCUT2D eigenvalue weighted by Gasteiger charge is 2.27. The molecule has 0 saturated carbocycles. The second kappa shape index (κ2) is 13.0. The second-order valence-corrected chi connectivity index (χ2v) is 11.0. The van der Waals surface area contributed by atoms with Gasteiger partial charge in [-0.05, 0) is 56.5 Å². The minimum absolute atomic E-state index is 0.0408. The van der Waals surface area contributed by atoms with Gasteiger partial charge in [0, 0.05) is 36.6 Å². The lowest BCUT2D eigenvalue weighted by molar-refractivity contribution is -0.140. The third-order valence-corrected chi connectivity index (χ3v) is 7.18. The Hall–Kier alpha value is -2.72. The molecule has 2 rings (SSSR count). The van der Waals surface area contributed by atoms with Crippen LogP contribution in [0.4, 0.5) is 14.5 Å². The molecular weight excluding hydrogens is 512 g/mol. The largest absolute Gasteiger partial charge is 0.352 e. The average molecular weight is 544 g/mol. The van der Waals surface area contributed by atoms with Crippen molar-refractivity contribution < 1.29 is 26.8 Å². The number of carbonyl (C=O) groups excluding carboxylic acids is 2. The molecule has 2 atom stereocenters. The summed E-state index contributed by atoms with van der Waals surface area (Å²) in [5.41, 5.74) is 0.694. The van der Waals surface area contributed by atoms with Crippen LogP contribution in [0.3, 0.4) is 0 Å². The molecule has 1 N–H and O–H groups in total. The molecule has 0 aliphatic heterocycles. The van der Waals surface area contributed by atoms with E-state index in [4.69, 9.17) is 11.6 Å². The summed E-state index contributed by atoms with van der Waals surface area (Å²) in [4.78, 5) is 27.4. The minimum Gasteiger partial charge on any atom is -0.352 e. The Morgan fingerprint density at radius 1 is 1.08 bits per heavy atom. The van der Waals surface area contributed by atoms with Crippen molar-refractivity contribution in [1.82, 2.24) is 10.2 Å². The predicted molar refractivity (Wildman–Crippen MR) is 137 cm³/mol. The van der Waals surface area contributed by atoms with Gasteiger partial charge in [-0.3, -0.25) is 13.9 Å². The van der Waals surface area contributed by atoms with E-state index in [1.807, 2.05) is 13.8 Å². The molecule has 0 fully saturated rings. The number of halogens is 3. The van der Waals surface area contributed by atoms with Crippen LogP contribution in [-0.2, 0) is 26.2 Å². The third kappa shape index (κ3) is 8.44. The number of rotatable bonds is 12. The lowest BCUT2D eigenvalue weighted by Gasteiger charge is -2.30. The summed E-state index contributed by atoms with van der Waals surface area (Å²) < 4.78 is 52.5. The maximum Gasteiger partial charge on any atom is 0.242 e. The molecule has 11 heteroatoms. The first-order valence-electron chi connectivity index (χ1n) is 11.6. The summed E-state index contributed by atoms with van der Waals surface area (Å²) in [6, 6.07) is 8.89. The highest BCUT2D eigenvalue weighted by molar-refractivity contribution is 7.92. The van der Waals surface area contributed by atoms with Crippen LogP contribution in [0.25, 0.3) is 0 Å². The minimum atomic E-state index is -3.82. The molecule has 0 unspecified atom stereocenters. The van der Waals surface area contributed by atoms with Crippen LogP contribution in [0, 0.1) is 11.6 Å². The van der Waals surface area contributed by atoms with Crippen molar-refractivity contribution in [3.05, 3.63) is 64.7 Å². The third-order valence-electron chi connectivity index (χ3n) is 5.75. The zero-order valence-corrected chi connectivity index (χ0v) is 22.4. The standard InChI is InChI=1S/C25H32ClF2N3O4S/c1-5-17(2)29-25(33)18(3)30(16-19-8-6-9-20(26)14-19)24(32)10-7-13-31(36(4,34)35)21-11-12-22(27)23(28)15-21/h6,8-9,11-12,14-15,17-18H,5,7,10,13,16H2,1-4H3,(H,29,33)/t17-,18+/m1/s1. The van der Waals surface area contributed by atoms with Crippen LogP contribution in [0.15, 0.2) is 42.5 Å². The second-order valence-electron chi connectivity index (χ2n) is 8.68. The highest BCUT2D eigenvalue weighted by atomic mass is 35.5.